The number of urea groups is 1. The molecule has 1 aliphatic carbocycles. The van der Waals surface area contributed by atoms with E-state index in [-0.39, 0.29) is 17.4 Å². The van der Waals surface area contributed by atoms with Crippen molar-refractivity contribution < 1.29 is 9.18 Å². The molecule has 17 heavy (non-hydrogen) atoms. The van der Waals surface area contributed by atoms with Crippen molar-refractivity contribution in [2.24, 2.45) is 0 Å². The SMILES string of the molecule is CN(C)C1(NC(=O)Nc2ccccc2F)CC1. The molecule has 2 amide bonds. The summed E-state index contributed by atoms with van der Waals surface area (Å²) >= 11 is 0. The molecule has 0 radical (unpaired) electrons. The number of benzene rings is 1. The number of anilines is 1. The third-order valence-electron chi connectivity index (χ3n) is 3.05. The summed E-state index contributed by atoms with van der Waals surface area (Å²) in [4.78, 5) is 13.7. The first kappa shape index (κ1) is 11.9. The smallest absolute Gasteiger partial charge is 0.320 e. The van der Waals surface area contributed by atoms with Gasteiger partial charge in [-0.15, -0.1) is 0 Å². The summed E-state index contributed by atoms with van der Waals surface area (Å²) in [6, 6.07) is 5.73. The maximum absolute atomic E-state index is 13.3. The summed E-state index contributed by atoms with van der Waals surface area (Å²) in [6.45, 7) is 0. The van der Waals surface area contributed by atoms with Crippen LogP contribution in [-0.2, 0) is 0 Å². The Hall–Kier alpha value is -1.62. The lowest BCUT2D eigenvalue weighted by molar-refractivity contribution is 0.208. The minimum Gasteiger partial charge on any atom is -0.320 e. The highest BCUT2D eigenvalue weighted by molar-refractivity contribution is 5.90. The second kappa shape index (κ2) is 4.33. The van der Waals surface area contributed by atoms with Crippen LogP contribution in [0.4, 0.5) is 14.9 Å². The third-order valence-corrected chi connectivity index (χ3v) is 3.05. The van der Waals surface area contributed by atoms with Crippen molar-refractivity contribution in [3.05, 3.63) is 30.1 Å². The Balaban J connectivity index is 1.97. The first-order valence-corrected chi connectivity index (χ1v) is 5.55. The third kappa shape index (κ3) is 2.55. The number of nitrogens with one attached hydrogen (secondary N) is 2. The van der Waals surface area contributed by atoms with Crippen LogP contribution in [0, 0.1) is 5.82 Å². The molecule has 2 N–H and O–H groups in total. The van der Waals surface area contributed by atoms with E-state index < -0.39 is 5.82 Å². The van der Waals surface area contributed by atoms with Crippen LogP contribution in [0.3, 0.4) is 0 Å². The highest BCUT2D eigenvalue weighted by Gasteiger charge is 2.46. The number of hydrogen-bond acceptors (Lipinski definition) is 2. The van der Waals surface area contributed by atoms with Gasteiger partial charge in [-0.2, -0.15) is 0 Å². The van der Waals surface area contributed by atoms with E-state index in [0.29, 0.717) is 0 Å². The maximum atomic E-state index is 13.3. The van der Waals surface area contributed by atoms with E-state index in [0.717, 1.165) is 12.8 Å². The van der Waals surface area contributed by atoms with Gasteiger partial charge in [0.2, 0.25) is 0 Å². The van der Waals surface area contributed by atoms with E-state index in [1.165, 1.54) is 12.1 Å². The van der Waals surface area contributed by atoms with Crippen molar-refractivity contribution in [1.82, 2.24) is 10.2 Å². The van der Waals surface area contributed by atoms with Gasteiger partial charge in [-0.3, -0.25) is 4.90 Å². The van der Waals surface area contributed by atoms with Gasteiger partial charge >= 0.3 is 6.03 Å². The molecule has 92 valence electrons. The molecule has 0 heterocycles. The van der Waals surface area contributed by atoms with Gasteiger partial charge in [-0.25, -0.2) is 9.18 Å². The largest absolute Gasteiger partial charge is 0.320 e. The number of amides is 2. The van der Waals surface area contributed by atoms with E-state index >= 15 is 0 Å². The lowest BCUT2D eigenvalue weighted by atomic mass is 10.3. The summed E-state index contributed by atoms with van der Waals surface area (Å²) in [5, 5.41) is 5.36. The fourth-order valence-electron chi connectivity index (χ4n) is 1.73. The Kier molecular flexibility index (Phi) is 3.02. The van der Waals surface area contributed by atoms with Gasteiger partial charge in [0.1, 0.15) is 5.82 Å². The van der Waals surface area contributed by atoms with Crippen LogP contribution in [0.1, 0.15) is 12.8 Å². The van der Waals surface area contributed by atoms with E-state index in [2.05, 4.69) is 10.6 Å². The monoisotopic (exact) mass is 237 g/mol. The molecule has 0 spiro atoms. The Bertz CT molecular complexity index is 430. The second-order valence-corrected chi connectivity index (χ2v) is 4.48. The van der Waals surface area contributed by atoms with Crippen molar-refractivity contribution in [3.63, 3.8) is 0 Å². The van der Waals surface area contributed by atoms with E-state index in [1.54, 1.807) is 12.1 Å². The number of hydrogen-bond donors (Lipinski definition) is 2. The Morgan fingerprint density at radius 3 is 2.53 bits per heavy atom. The van der Waals surface area contributed by atoms with E-state index in [4.69, 9.17) is 0 Å². The van der Waals surface area contributed by atoms with Crippen molar-refractivity contribution in [1.29, 1.82) is 0 Å². The average molecular weight is 237 g/mol. The summed E-state index contributed by atoms with van der Waals surface area (Å²) in [5.41, 5.74) is -0.0606. The maximum Gasteiger partial charge on any atom is 0.320 e. The zero-order chi connectivity index (χ0) is 12.5. The van der Waals surface area contributed by atoms with Crippen molar-refractivity contribution in [2.45, 2.75) is 18.5 Å². The predicted molar refractivity (Wildman–Crippen MR) is 64.2 cm³/mol. The Morgan fingerprint density at radius 1 is 1.35 bits per heavy atom. The van der Waals surface area contributed by atoms with Gasteiger partial charge in [-0.05, 0) is 39.1 Å². The summed E-state index contributed by atoms with van der Waals surface area (Å²) in [5.74, 6) is -0.433. The molecule has 1 aliphatic rings. The fraction of sp³-hybridized carbons (Fsp3) is 0.417. The summed E-state index contributed by atoms with van der Waals surface area (Å²) < 4.78 is 13.3. The number of nitrogens with zero attached hydrogens (tertiary/aromatic N) is 1. The van der Waals surface area contributed by atoms with E-state index in [1.807, 2.05) is 19.0 Å². The van der Waals surface area contributed by atoms with Crippen LogP contribution in [0.2, 0.25) is 0 Å². The average Bonchev–Trinajstić information content (AvgIpc) is 3.02. The predicted octanol–water partition coefficient (Wildman–Crippen LogP) is 2.00. The molecule has 4 nitrogen and oxygen atoms in total. The quantitative estimate of drug-likeness (QED) is 0.790. The van der Waals surface area contributed by atoms with Crippen molar-refractivity contribution in [2.75, 3.05) is 19.4 Å². The topological polar surface area (TPSA) is 44.4 Å². The first-order chi connectivity index (χ1) is 8.03. The molecule has 1 aromatic rings. The zero-order valence-electron chi connectivity index (χ0n) is 9.96. The molecule has 1 aromatic carbocycles. The first-order valence-electron chi connectivity index (χ1n) is 5.55. The minimum atomic E-state index is -0.433. The van der Waals surface area contributed by atoms with Crippen LogP contribution >= 0.6 is 0 Å². The molecule has 1 saturated carbocycles. The van der Waals surface area contributed by atoms with Gasteiger partial charge in [0, 0.05) is 0 Å². The highest BCUT2D eigenvalue weighted by atomic mass is 19.1. The van der Waals surface area contributed by atoms with Gasteiger partial charge in [0.05, 0.1) is 11.4 Å². The molecule has 0 saturated heterocycles. The lowest BCUT2D eigenvalue weighted by Gasteiger charge is -2.25. The molecular formula is C12H16FN3O. The zero-order valence-corrected chi connectivity index (χ0v) is 9.96. The molecule has 0 unspecified atom stereocenters. The molecule has 0 aliphatic heterocycles. The molecule has 2 rings (SSSR count). The number of carbonyl (C=O) groups is 1. The lowest BCUT2D eigenvalue weighted by Crippen LogP contribution is -2.48. The molecule has 1 fully saturated rings. The molecular weight excluding hydrogens is 221 g/mol. The number of halogens is 1. The number of carbonyl (C=O) groups excluding carboxylic acids is 1. The highest BCUT2D eigenvalue weighted by Crippen LogP contribution is 2.36. The van der Waals surface area contributed by atoms with Crippen LogP contribution in [-0.4, -0.2) is 30.7 Å². The molecule has 0 bridgehead atoms. The molecule has 0 atom stereocenters. The standard InChI is InChI=1S/C12H16FN3O/c1-16(2)12(7-8-12)15-11(17)14-10-6-4-3-5-9(10)13/h3-6H,7-8H2,1-2H3,(H2,14,15,17). The number of para-hydroxylation sites is 1. The van der Waals surface area contributed by atoms with Crippen LogP contribution < -0.4 is 10.6 Å². The van der Waals surface area contributed by atoms with Crippen LogP contribution in [0.15, 0.2) is 24.3 Å². The minimum absolute atomic E-state index is 0.194. The fourth-order valence-corrected chi connectivity index (χ4v) is 1.73. The van der Waals surface area contributed by atoms with Gasteiger partial charge < -0.3 is 10.6 Å². The molecule has 5 heteroatoms. The van der Waals surface area contributed by atoms with Gasteiger partial charge in [0.25, 0.3) is 0 Å². The van der Waals surface area contributed by atoms with Gasteiger partial charge in [-0.1, -0.05) is 12.1 Å². The molecule has 0 aromatic heterocycles. The van der Waals surface area contributed by atoms with Crippen molar-refractivity contribution in [3.8, 4) is 0 Å². The number of rotatable bonds is 3. The van der Waals surface area contributed by atoms with Gasteiger partial charge in [0.15, 0.2) is 0 Å². The Labute approximate surface area is 99.8 Å². The second-order valence-electron chi connectivity index (χ2n) is 4.48. The summed E-state index contributed by atoms with van der Waals surface area (Å²) in [6.07, 6.45) is 1.84. The Morgan fingerprint density at radius 2 is 2.00 bits per heavy atom. The van der Waals surface area contributed by atoms with E-state index in [9.17, 15) is 9.18 Å². The van der Waals surface area contributed by atoms with Crippen molar-refractivity contribution >= 4 is 11.7 Å². The van der Waals surface area contributed by atoms with Crippen LogP contribution in [0.25, 0.3) is 0 Å². The normalized spacial score (nSPS) is 16.7. The van der Waals surface area contributed by atoms with Crippen LogP contribution in [0.5, 0.6) is 0 Å². The summed E-state index contributed by atoms with van der Waals surface area (Å²) in [7, 11) is 3.83.